The van der Waals surface area contributed by atoms with E-state index in [1.165, 1.54) is 35.1 Å². The Bertz CT molecular complexity index is 1560. The van der Waals surface area contributed by atoms with Gasteiger partial charge in [0, 0.05) is 11.6 Å². The van der Waals surface area contributed by atoms with E-state index in [1.807, 2.05) is 31.2 Å². The van der Waals surface area contributed by atoms with E-state index in [9.17, 15) is 14.0 Å². The van der Waals surface area contributed by atoms with E-state index in [2.05, 4.69) is 25.5 Å². The highest BCUT2D eigenvalue weighted by Crippen LogP contribution is 2.19. The fourth-order valence-corrected chi connectivity index (χ4v) is 3.50. The predicted molar refractivity (Wildman–Crippen MR) is 120 cm³/mol. The third kappa shape index (κ3) is 3.78. The molecule has 9 nitrogen and oxygen atoms in total. The quantitative estimate of drug-likeness (QED) is 0.443. The zero-order valence-electron chi connectivity index (χ0n) is 17.7. The summed E-state index contributed by atoms with van der Waals surface area (Å²) in [6.07, 6.45) is 1.46. The molecule has 0 fully saturated rings. The van der Waals surface area contributed by atoms with Gasteiger partial charge in [-0.3, -0.25) is 14.6 Å². The van der Waals surface area contributed by atoms with Crippen LogP contribution < -0.4 is 10.9 Å². The van der Waals surface area contributed by atoms with E-state index in [1.54, 1.807) is 17.7 Å². The molecule has 5 rings (SSSR count). The van der Waals surface area contributed by atoms with Crippen molar-refractivity contribution in [1.82, 2.24) is 29.5 Å². The van der Waals surface area contributed by atoms with Crippen LogP contribution in [-0.4, -0.2) is 35.4 Å². The molecule has 3 aromatic heterocycles. The number of aryl methyl sites for hydroxylation is 2. The molecule has 10 heteroatoms. The molecule has 0 aliphatic carbocycles. The van der Waals surface area contributed by atoms with Gasteiger partial charge in [-0.1, -0.05) is 12.1 Å². The Morgan fingerprint density at radius 2 is 1.85 bits per heavy atom. The molecule has 2 aromatic carbocycles. The van der Waals surface area contributed by atoms with Crippen LogP contribution in [0.2, 0.25) is 0 Å². The van der Waals surface area contributed by atoms with Crippen LogP contribution in [0.1, 0.15) is 21.6 Å². The van der Waals surface area contributed by atoms with Crippen molar-refractivity contribution in [3.8, 4) is 11.6 Å². The summed E-state index contributed by atoms with van der Waals surface area (Å²) in [6, 6.07) is 14.5. The second-order valence-electron chi connectivity index (χ2n) is 7.57. The first-order chi connectivity index (χ1) is 15.9. The number of nitrogens with one attached hydrogen (secondary N) is 2. The molecule has 0 aliphatic rings. The van der Waals surface area contributed by atoms with Gasteiger partial charge >= 0.3 is 0 Å². The summed E-state index contributed by atoms with van der Waals surface area (Å²) in [5.41, 5.74) is 2.63. The molecule has 0 radical (unpaired) electrons. The van der Waals surface area contributed by atoms with Crippen LogP contribution >= 0.6 is 0 Å². The van der Waals surface area contributed by atoms with Crippen molar-refractivity contribution in [3.63, 3.8) is 0 Å². The van der Waals surface area contributed by atoms with E-state index in [4.69, 9.17) is 0 Å². The van der Waals surface area contributed by atoms with E-state index >= 15 is 0 Å². The summed E-state index contributed by atoms with van der Waals surface area (Å²) in [5.74, 6) is -0.479. The molecule has 5 aromatic rings. The highest BCUT2D eigenvalue weighted by atomic mass is 19.1. The Morgan fingerprint density at radius 3 is 2.61 bits per heavy atom. The van der Waals surface area contributed by atoms with Gasteiger partial charge in [0.2, 0.25) is 5.95 Å². The number of aromatic nitrogens is 6. The molecular formula is C23H18FN7O2. The van der Waals surface area contributed by atoms with Crippen LogP contribution in [0.5, 0.6) is 0 Å². The van der Waals surface area contributed by atoms with Crippen LogP contribution in [0.4, 0.5) is 10.2 Å². The lowest BCUT2D eigenvalue weighted by Crippen LogP contribution is -2.19. The molecule has 0 atom stereocenters. The second-order valence-corrected chi connectivity index (χ2v) is 7.57. The summed E-state index contributed by atoms with van der Waals surface area (Å²) in [7, 11) is 0. The molecule has 0 saturated heterocycles. The lowest BCUT2D eigenvalue weighted by atomic mass is 10.2. The summed E-state index contributed by atoms with van der Waals surface area (Å²) in [6.45, 7) is 3.71. The number of hydrogen-bond donors (Lipinski definition) is 2. The smallest absolute Gasteiger partial charge is 0.263 e. The molecule has 3 heterocycles. The number of rotatable bonds is 4. The van der Waals surface area contributed by atoms with Crippen molar-refractivity contribution in [2.45, 2.75) is 13.8 Å². The summed E-state index contributed by atoms with van der Waals surface area (Å²) in [5, 5.41) is 11.8. The fraction of sp³-hybridized carbons (Fsp3) is 0.0870. The van der Waals surface area contributed by atoms with Gasteiger partial charge < -0.3 is 5.32 Å². The van der Waals surface area contributed by atoms with E-state index in [0.29, 0.717) is 22.5 Å². The second kappa shape index (κ2) is 7.83. The number of amides is 1. The zero-order valence-corrected chi connectivity index (χ0v) is 17.7. The third-order valence-electron chi connectivity index (χ3n) is 5.05. The minimum absolute atomic E-state index is 0.115. The Hall–Kier alpha value is -4.60. The highest BCUT2D eigenvalue weighted by molar-refractivity contribution is 6.03. The Balaban J connectivity index is 1.58. The average molecular weight is 443 g/mol. The predicted octanol–water partition coefficient (Wildman–Crippen LogP) is 3.30. The average Bonchev–Trinajstić information content (AvgIpc) is 3.37. The fourth-order valence-electron chi connectivity index (χ4n) is 3.50. The Morgan fingerprint density at radius 1 is 1.06 bits per heavy atom. The largest absolute Gasteiger partial charge is 0.306 e. The number of aromatic amines is 1. The molecule has 1 amide bonds. The van der Waals surface area contributed by atoms with Crippen LogP contribution in [0.3, 0.4) is 0 Å². The van der Waals surface area contributed by atoms with Gasteiger partial charge in [-0.15, -0.1) is 0 Å². The number of halogens is 1. The van der Waals surface area contributed by atoms with Crippen molar-refractivity contribution in [1.29, 1.82) is 0 Å². The van der Waals surface area contributed by atoms with Crippen molar-refractivity contribution in [2.75, 3.05) is 5.32 Å². The molecule has 0 saturated carbocycles. The third-order valence-corrected chi connectivity index (χ3v) is 5.05. The number of benzene rings is 2. The summed E-state index contributed by atoms with van der Waals surface area (Å²) in [4.78, 5) is 32.7. The van der Waals surface area contributed by atoms with Crippen molar-refractivity contribution >= 4 is 22.8 Å². The van der Waals surface area contributed by atoms with Crippen LogP contribution in [0.15, 0.2) is 65.6 Å². The summed E-state index contributed by atoms with van der Waals surface area (Å²) < 4.78 is 16.1. The van der Waals surface area contributed by atoms with Crippen LogP contribution in [-0.2, 0) is 0 Å². The molecule has 164 valence electrons. The van der Waals surface area contributed by atoms with E-state index < -0.39 is 17.3 Å². The van der Waals surface area contributed by atoms with Gasteiger partial charge in [-0.2, -0.15) is 19.9 Å². The molecule has 0 bridgehead atoms. The normalized spacial score (nSPS) is 11.1. The molecule has 0 aliphatic heterocycles. The van der Waals surface area contributed by atoms with Crippen molar-refractivity contribution in [2.24, 2.45) is 0 Å². The number of carbonyl (C=O) groups excluding carboxylic acids is 1. The molecule has 33 heavy (non-hydrogen) atoms. The SMILES string of the molecule is Cc1cccc(-n2ncc3c(=O)[nH]c(-n4nc(C)cc4NC(=O)c4ccc(F)cc4)nc32)c1. The lowest BCUT2D eigenvalue weighted by Gasteiger charge is -2.09. The van der Waals surface area contributed by atoms with Gasteiger partial charge in [-0.25, -0.2) is 9.07 Å². The lowest BCUT2D eigenvalue weighted by molar-refractivity contribution is 0.102. The summed E-state index contributed by atoms with van der Waals surface area (Å²) >= 11 is 0. The number of hydrogen-bond acceptors (Lipinski definition) is 5. The van der Waals surface area contributed by atoms with Crippen molar-refractivity contribution < 1.29 is 9.18 Å². The van der Waals surface area contributed by atoms with Gasteiger partial charge in [0.1, 0.15) is 17.0 Å². The first-order valence-electron chi connectivity index (χ1n) is 10.1. The molecule has 2 N–H and O–H groups in total. The number of carbonyl (C=O) groups is 1. The minimum Gasteiger partial charge on any atom is -0.306 e. The van der Waals surface area contributed by atoms with Gasteiger partial charge in [-0.05, 0) is 55.8 Å². The first kappa shape index (κ1) is 20.3. The Kier molecular flexibility index (Phi) is 4.82. The molecule has 0 unspecified atom stereocenters. The maximum atomic E-state index is 13.2. The maximum absolute atomic E-state index is 13.2. The van der Waals surface area contributed by atoms with E-state index in [0.717, 1.165) is 11.3 Å². The topological polar surface area (TPSA) is 110 Å². The first-order valence-corrected chi connectivity index (χ1v) is 10.1. The van der Waals surface area contributed by atoms with Gasteiger partial charge in [0.25, 0.3) is 11.5 Å². The Labute approximate surface area is 186 Å². The standard InChI is InChI=1S/C23H18FN7O2/c1-13-4-3-5-17(10-13)30-20-18(12-25-30)22(33)28-23(27-20)31-19(11-14(2)29-31)26-21(32)15-6-8-16(24)9-7-15/h3-12H,1-2H3,(H,26,32)(H,27,28,33). The molecule has 0 spiro atoms. The minimum atomic E-state index is -0.454. The van der Waals surface area contributed by atoms with Crippen molar-refractivity contribution in [3.05, 3.63) is 93.8 Å². The number of nitrogens with zero attached hydrogens (tertiary/aromatic N) is 5. The highest BCUT2D eigenvalue weighted by Gasteiger charge is 2.17. The number of H-pyrrole nitrogens is 1. The number of fused-ring (bicyclic) bond motifs is 1. The van der Waals surface area contributed by atoms with Gasteiger partial charge in [0.05, 0.1) is 17.6 Å². The zero-order chi connectivity index (χ0) is 23.1. The maximum Gasteiger partial charge on any atom is 0.263 e. The van der Waals surface area contributed by atoms with Crippen LogP contribution in [0, 0.1) is 19.7 Å². The molecular weight excluding hydrogens is 425 g/mol. The van der Waals surface area contributed by atoms with E-state index in [-0.39, 0.29) is 11.5 Å². The van der Waals surface area contributed by atoms with Gasteiger partial charge in [0.15, 0.2) is 5.65 Å². The van der Waals surface area contributed by atoms with Crippen LogP contribution in [0.25, 0.3) is 22.7 Å². The monoisotopic (exact) mass is 443 g/mol. The number of anilines is 1.